The van der Waals surface area contributed by atoms with Gasteiger partial charge in [-0.2, -0.15) is 0 Å². The Hall–Kier alpha value is -1.72. The molecule has 1 aliphatic heterocycles. The molecule has 0 spiro atoms. The first kappa shape index (κ1) is 18.6. The number of hydrogen-bond acceptors (Lipinski definition) is 5. The first-order valence-corrected chi connectivity index (χ1v) is 8.32. The number of hydrogen-bond donors (Lipinski definition) is 0. The minimum Gasteiger partial charge on any atom is -0.482 e. The van der Waals surface area contributed by atoms with Gasteiger partial charge in [-0.3, -0.25) is 0 Å². The molecule has 0 unspecified atom stereocenters. The van der Waals surface area contributed by atoms with E-state index in [9.17, 15) is 9.59 Å². The molecule has 0 N–H and O–H groups in total. The fraction of sp³-hybridized carbons (Fsp3) is 0.412. The topological polar surface area (TPSA) is 61.8 Å². The standard InChI is InChI=1S/C17H18Cl2O5/c1-4-22-16(20)13-9(3)24-15(17(21)23-5-2)14(13)11-7-6-10(18)8-12(11)19/h6-8,14-15H,4-5H2,1-3H3/t14-,15-/m0/s1. The second-order valence-corrected chi connectivity index (χ2v) is 5.97. The molecule has 1 aromatic rings. The molecule has 0 bridgehead atoms. The van der Waals surface area contributed by atoms with Crippen molar-refractivity contribution >= 4 is 35.1 Å². The number of halogens is 2. The van der Waals surface area contributed by atoms with Gasteiger partial charge in [0.2, 0.25) is 6.10 Å². The lowest BCUT2D eigenvalue weighted by Crippen LogP contribution is -2.30. The number of benzene rings is 1. The van der Waals surface area contributed by atoms with Gasteiger partial charge in [-0.25, -0.2) is 9.59 Å². The molecule has 5 nitrogen and oxygen atoms in total. The van der Waals surface area contributed by atoms with Crippen molar-refractivity contribution in [1.82, 2.24) is 0 Å². The highest BCUT2D eigenvalue weighted by atomic mass is 35.5. The van der Waals surface area contributed by atoms with Crippen LogP contribution in [0, 0.1) is 0 Å². The van der Waals surface area contributed by atoms with Crippen LogP contribution < -0.4 is 0 Å². The van der Waals surface area contributed by atoms with Crippen molar-refractivity contribution in [2.75, 3.05) is 13.2 Å². The molecular formula is C17H18Cl2O5. The summed E-state index contributed by atoms with van der Waals surface area (Å²) in [6.07, 6.45) is -0.997. The van der Waals surface area contributed by atoms with Crippen LogP contribution in [0.3, 0.4) is 0 Å². The molecule has 0 aromatic heterocycles. The Balaban J connectivity index is 2.51. The van der Waals surface area contributed by atoms with Crippen LogP contribution in [0.25, 0.3) is 0 Å². The SMILES string of the molecule is CCOC(=O)C1=C(C)O[C@H](C(=O)OCC)[C@H]1c1ccc(Cl)cc1Cl. The molecule has 0 saturated heterocycles. The third-order valence-electron chi connectivity index (χ3n) is 3.61. The molecule has 0 radical (unpaired) electrons. The van der Waals surface area contributed by atoms with E-state index in [0.717, 1.165) is 0 Å². The summed E-state index contributed by atoms with van der Waals surface area (Å²) in [5.41, 5.74) is 0.818. The van der Waals surface area contributed by atoms with Crippen molar-refractivity contribution < 1.29 is 23.8 Å². The Morgan fingerprint density at radius 2 is 1.83 bits per heavy atom. The van der Waals surface area contributed by atoms with Gasteiger partial charge >= 0.3 is 11.9 Å². The van der Waals surface area contributed by atoms with Gasteiger partial charge < -0.3 is 14.2 Å². The van der Waals surface area contributed by atoms with Crippen LogP contribution in [0.5, 0.6) is 0 Å². The molecule has 1 aromatic carbocycles. The molecule has 130 valence electrons. The summed E-state index contributed by atoms with van der Waals surface area (Å²) in [4.78, 5) is 24.6. The predicted molar refractivity (Wildman–Crippen MR) is 90.0 cm³/mol. The predicted octanol–water partition coefficient (Wildman–Crippen LogP) is 3.88. The van der Waals surface area contributed by atoms with Crippen molar-refractivity contribution in [1.29, 1.82) is 0 Å². The summed E-state index contributed by atoms with van der Waals surface area (Å²) >= 11 is 12.2. The van der Waals surface area contributed by atoms with Crippen LogP contribution in [0.1, 0.15) is 32.3 Å². The lowest BCUT2D eigenvalue weighted by Gasteiger charge is -2.21. The quantitative estimate of drug-likeness (QED) is 0.734. The summed E-state index contributed by atoms with van der Waals surface area (Å²) < 4.78 is 15.8. The van der Waals surface area contributed by atoms with Gasteiger partial charge in [0.25, 0.3) is 0 Å². The maximum Gasteiger partial charge on any atom is 0.348 e. The summed E-state index contributed by atoms with van der Waals surface area (Å²) in [5.74, 6) is -1.50. The molecule has 7 heteroatoms. The van der Waals surface area contributed by atoms with Gasteiger partial charge in [0.15, 0.2) is 0 Å². The highest BCUT2D eigenvalue weighted by Gasteiger charge is 2.46. The van der Waals surface area contributed by atoms with Gasteiger partial charge in [-0.15, -0.1) is 0 Å². The number of esters is 2. The number of ether oxygens (including phenoxy) is 3. The first-order chi connectivity index (χ1) is 11.4. The van der Waals surface area contributed by atoms with Crippen molar-refractivity contribution in [3.05, 3.63) is 45.1 Å². The Morgan fingerprint density at radius 1 is 1.17 bits per heavy atom. The van der Waals surface area contributed by atoms with E-state index in [-0.39, 0.29) is 18.8 Å². The smallest absolute Gasteiger partial charge is 0.348 e. The monoisotopic (exact) mass is 372 g/mol. The minimum absolute atomic E-state index is 0.202. The Bertz CT molecular complexity index is 684. The van der Waals surface area contributed by atoms with Crippen LogP contribution in [0.2, 0.25) is 10.0 Å². The van der Waals surface area contributed by atoms with Crippen LogP contribution in [-0.2, 0) is 23.8 Å². The number of allylic oxidation sites excluding steroid dienone is 1. The zero-order valence-electron chi connectivity index (χ0n) is 13.6. The number of rotatable bonds is 5. The summed E-state index contributed by atoms with van der Waals surface area (Å²) in [5, 5.41) is 0.788. The zero-order valence-corrected chi connectivity index (χ0v) is 15.1. The van der Waals surface area contributed by atoms with Crippen LogP contribution >= 0.6 is 23.2 Å². The van der Waals surface area contributed by atoms with Gasteiger partial charge in [-0.05, 0) is 38.5 Å². The van der Waals surface area contributed by atoms with Crippen molar-refractivity contribution in [2.24, 2.45) is 0 Å². The molecule has 24 heavy (non-hydrogen) atoms. The van der Waals surface area contributed by atoms with E-state index in [1.54, 1.807) is 39.0 Å². The molecule has 0 aliphatic carbocycles. The summed E-state index contributed by atoms with van der Waals surface area (Å²) in [6, 6.07) is 4.86. The van der Waals surface area contributed by atoms with E-state index >= 15 is 0 Å². The van der Waals surface area contributed by atoms with Gasteiger partial charge in [0.05, 0.1) is 24.7 Å². The van der Waals surface area contributed by atoms with E-state index < -0.39 is 24.0 Å². The lowest BCUT2D eigenvalue weighted by molar-refractivity contribution is -0.153. The molecular weight excluding hydrogens is 355 g/mol. The van der Waals surface area contributed by atoms with Crippen molar-refractivity contribution in [2.45, 2.75) is 32.8 Å². The van der Waals surface area contributed by atoms with Crippen molar-refractivity contribution in [3.8, 4) is 0 Å². The number of carbonyl (C=O) groups excluding carboxylic acids is 2. The normalized spacial score (nSPS) is 19.9. The van der Waals surface area contributed by atoms with Gasteiger partial charge in [0, 0.05) is 10.0 Å². The molecule has 0 fully saturated rings. The first-order valence-electron chi connectivity index (χ1n) is 7.56. The minimum atomic E-state index is -0.997. The molecule has 0 amide bonds. The highest BCUT2D eigenvalue weighted by molar-refractivity contribution is 6.35. The van der Waals surface area contributed by atoms with Gasteiger partial charge in [-0.1, -0.05) is 29.3 Å². The summed E-state index contributed by atoms with van der Waals surface area (Å²) in [6.45, 7) is 5.43. The van der Waals surface area contributed by atoms with Crippen LogP contribution in [0.15, 0.2) is 29.5 Å². The fourth-order valence-corrected chi connectivity index (χ4v) is 3.18. The Kier molecular flexibility index (Phi) is 6.13. The van der Waals surface area contributed by atoms with Crippen molar-refractivity contribution in [3.63, 3.8) is 0 Å². The second kappa shape index (κ2) is 7.90. The van der Waals surface area contributed by atoms with E-state index in [4.69, 9.17) is 37.4 Å². The van der Waals surface area contributed by atoms with E-state index in [0.29, 0.717) is 21.4 Å². The second-order valence-electron chi connectivity index (χ2n) is 5.12. The molecule has 1 heterocycles. The molecule has 2 atom stereocenters. The average molecular weight is 373 g/mol. The van der Waals surface area contributed by atoms with Crippen LogP contribution in [0.4, 0.5) is 0 Å². The molecule has 1 aliphatic rings. The Labute approximate surface area is 150 Å². The summed E-state index contributed by atoms with van der Waals surface area (Å²) in [7, 11) is 0. The number of carbonyl (C=O) groups is 2. The largest absolute Gasteiger partial charge is 0.482 e. The van der Waals surface area contributed by atoms with Crippen LogP contribution in [-0.4, -0.2) is 31.3 Å². The van der Waals surface area contributed by atoms with E-state index in [2.05, 4.69) is 0 Å². The van der Waals surface area contributed by atoms with E-state index in [1.807, 2.05) is 0 Å². The van der Waals surface area contributed by atoms with Gasteiger partial charge in [0.1, 0.15) is 5.76 Å². The molecule has 2 rings (SSSR count). The fourth-order valence-electron chi connectivity index (χ4n) is 2.65. The lowest BCUT2D eigenvalue weighted by atomic mass is 9.87. The zero-order chi connectivity index (χ0) is 17.9. The van der Waals surface area contributed by atoms with E-state index in [1.165, 1.54) is 0 Å². The third kappa shape index (κ3) is 3.68. The average Bonchev–Trinajstić information content (AvgIpc) is 2.85. The highest BCUT2D eigenvalue weighted by Crippen LogP contribution is 2.43. The molecule has 0 saturated carbocycles. The Morgan fingerprint density at radius 3 is 2.42 bits per heavy atom. The third-order valence-corrected chi connectivity index (χ3v) is 4.17. The maximum absolute atomic E-state index is 12.4. The maximum atomic E-state index is 12.4.